The van der Waals surface area contributed by atoms with Crippen molar-refractivity contribution in [2.75, 3.05) is 0 Å². The van der Waals surface area contributed by atoms with Crippen molar-refractivity contribution in [2.24, 2.45) is 0 Å². The first-order valence-corrected chi connectivity index (χ1v) is 13.9. The zero-order valence-electron chi connectivity index (χ0n) is 14.4. The quantitative estimate of drug-likeness (QED) is 0.233. The summed E-state index contributed by atoms with van der Waals surface area (Å²) in [5.74, 6) is 0. The molecular formula is C18H38O2Sn. The van der Waals surface area contributed by atoms with E-state index in [1.165, 1.54) is 89.9 Å². The molecule has 1 N–H and O–H groups in total. The molecule has 21 heavy (non-hydrogen) atoms. The molecule has 0 rings (SSSR count). The van der Waals surface area contributed by atoms with E-state index in [2.05, 4.69) is 6.92 Å². The Balaban J connectivity index is 2.95. The van der Waals surface area contributed by atoms with Crippen molar-refractivity contribution >= 4 is 20.2 Å². The fraction of sp³-hybridized carbons (Fsp3) is 1.00. The molecule has 0 aliphatic heterocycles. The Kier molecular flexibility index (Phi) is 19.1. The first-order valence-electron chi connectivity index (χ1n) is 9.49. The Morgan fingerprint density at radius 2 is 0.857 bits per heavy atom. The molecule has 0 amide bonds. The Bertz CT molecular complexity index is 219. The molecule has 0 saturated carbocycles. The molecule has 0 fully saturated rings. The summed E-state index contributed by atoms with van der Waals surface area (Å²) in [4.78, 5) is 0. The van der Waals surface area contributed by atoms with Gasteiger partial charge in [0.15, 0.2) is 0 Å². The molecule has 0 heterocycles. The summed E-state index contributed by atoms with van der Waals surface area (Å²) in [7, 11) is 0. The van der Waals surface area contributed by atoms with Crippen LogP contribution < -0.4 is 0 Å². The Morgan fingerprint density at radius 1 is 0.571 bits per heavy atom. The van der Waals surface area contributed by atoms with Crippen molar-refractivity contribution < 1.29 is 6.52 Å². The number of hydrogen-bond donors (Lipinski definition) is 1. The van der Waals surface area contributed by atoms with Crippen molar-refractivity contribution in [3.63, 3.8) is 0 Å². The van der Waals surface area contributed by atoms with Crippen LogP contribution in [0.1, 0.15) is 110 Å². The molecular weight excluding hydrogens is 367 g/mol. The summed E-state index contributed by atoms with van der Waals surface area (Å²) < 4.78 is 20.1. The summed E-state index contributed by atoms with van der Waals surface area (Å²) in [6.07, 6.45) is 21.7. The van der Waals surface area contributed by atoms with Crippen LogP contribution in [0.3, 0.4) is 0 Å². The number of rotatable bonds is 17. The van der Waals surface area contributed by atoms with Gasteiger partial charge in [-0.05, 0) is 0 Å². The molecule has 0 unspecified atom stereocenters. The fourth-order valence-corrected chi connectivity index (χ4v) is 4.40. The molecule has 0 bridgehead atoms. The van der Waals surface area contributed by atoms with Gasteiger partial charge in [0, 0.05) is 0 Å². The van der Waals surface area contributed by atoms with E-state index in [0.717, 1.165) is 12.8 Å². The molecule has 0 aromatic carbocycles. The molecule has 0 saturated heterocycles. The van der Waals surface area contributed by atoms with Crippen LogP contribution in [0.4, 0.5) is 0 Å². The van der Waals surface area contributed by atoms with E-state index in [1.807, 2.05) is 0 Å². The van der Waals surface area contributed by atoms with Crippen molar-refractivity contribution in [1.29, 1.82) is 0 Å². The van der Waals surface area contributed by atoms with Crippen LogP contribution in [0.15, 0.2) is 0 Å². The van der Waals surface area contributed by atoms with E-state index >= 15 is 0 Å². The summed E-state index contributed by atoms with van der Waals surface area (Å²) in [5, 5.41) is 0. The minimum absolute atomic E-state index is 0.626. The third-order valence-corrected chi connectivity index (χ3v) is 6.47. The van der Waals surface area contributed by atoms with Crippen molar-refractivity contribution in [3.8, 4) is 0 Å². The molecule has 0 aromatic rings. The van der Waals surface area contributed by atoms with Crippen LogP contribution in [-0.2, 0) is 3.08 Å². The fourth-order valence-electron chi connectivity index (χ4n) is 2.82. The van der Waals surface area contributed by atoms with Gasteiger partial charge in [0.25, 0.3) is 0 Å². The van der Waals surface area contributed by atoms with Gasteiger partial charge in [-0.3, -0.25) is 0 Å². The Morgan fingerprint density at radius 3 is 1.14 bits per heavy atom. The third kappa shape index (κ3) is 20.6. The standard InChI is InChI=1S/C18H37.H2O.O.Sn/c1-3-5-7-9-11-13-15-17-18-16-14-12-10-8-6-4-2;;;/h1,3-18H2,2H3;1H2;;/q;;;+1/p-1. The average molecular weight is 405 g/mol. The molecule has 0 aliphatic rings. The Labute approximate surface area is 140 Å². The normalized spacial score (nSPS) is 11.0. The number of unbranched alkanes of at least 4 members (excludes halogenated alkanes) is 15. The van der Waals surface area contributed by atoms with Crippen molar-refractivity contribution in [1.82, 2.24) is 0 Å². The van der Waals surface area contributed by atoms with Crippen molar-refractivity contribution in [2.45, 2.75) is 114 Å². The maximum atomic E-state index is 10.6. The van der Waals surface area contributed by atoms with Crippen LogP contribution in [0.5, 0.6) is 0 Å². The predicted octanol–water partition coefficient (Wildman–Crippen LogP) is 6.16. The topological polar surface area (TPSA) is 37.3 Å². The van der Waals surface area contributed by atoms with Gasteiger partial charge in [-0.1, -0.05) is 39.0 Å². The second-order valence-electron chi connectivity index (χ2n) is 6.45. The third-order valence-electron chi connectivity index (χ3n) is 4.24. The molecule has 126 valence electrons. The van der Waals surface area contributed by atoms with E-state index in [-0.39, 0.29) is 0 Å². The van der Waals surface area contributed by atoms with Gasteiger partial charge in [-0.15, -0.1) is 0 Å². The SMILES string of the molecule is CCCCCCCCCCCCCCCCC[CH2][Sn](=[O])[OH]. The molecule has 0 atom stereocenters. The first kappa shape index (κ1) is 21.6. The van der Waals surface area contributed by atoms with Crippen LogP contribution in [0.25, 0.3) is 0 Å². The first-order chi connectivity index (χ1) is 10.3. The van der Waals surface area contributed by atoms with Gasteiger partial charge >= 0.3 is 102 Å². The predicted molar refractivity (Wildman–Crippen MR) is 93.0 cm³/mol. The zero-order chi connectivity index (χ0) is 15.6. The average Bonchev–Trinajstić information content (AvgIpc) is 2.46. The van der Waals surface area contributed by atoms with Crippen LogP contribution in [0.2, 0.25) is 4.44 Å². The van der Waals surface area contributed by atoms with Gasteiger partial charge in [-0.2, -0.15) is 0 Å². The maximum absolute atomic E-state index is 10.6. The summed E-state index contributed by atoms with van der Waals surface area (Å²) in [6, 6.07) is 0. The summed E-state index contributed by atoms with van der Waals surface area (Å²) in [5.41, 5.74) is 0. The minimum atomic E-state index is -3.00. The molecule has 0 aromatic heterocycles. The number of hydrogen-bond acceptors (Lipinski definition) is 1. The van der Waals surface area contributed by atoms with Gasteiger partial charge in [0.05, 0.1) is 0 Å². The zero-order valence-corrected chi connectivity index (χ0v) is 17.2. The van der Waals surface area contributed by atoms with Crippen LogP contribution in [0, 0.1) is 0 Å². The van der Waals surface area contributed by atoms with E-state index in [4.69, 9.17) is 3.44 Å². The molecule has 0 spiro atoms. The van der Waals surface area contributed by atoms with Gasteiger partial charge in [0.1, 0.15) is 0 Å². The second kappa shape index (κ2) is 18.6. The van der Waals surface area contributed by atoms with E-state index < -0.39 is 20.2 Å². The molecule has 0 aliphatic carbocycles. The Hall–Kier alpha value is 0.559. The van der Waals surface area contributed by atoms with E-state index in [1.54, 1.807) is 0 Å². The van der Waals surface area contributed by atoms with Crippen LogP contribution >= 0.6 is 0 Å². The molecule has 2 nitrogen and oxygen atoms in total. The summed E-state index contributed by atoms with van der Waals surface area (Å²) in [6.45, 7) is 2.28. The second-order valence-corrected chi connectivity index (χ2v) is 10.1. The van der Waals surface area contributed by atoms with E-state index in [9.17, 15) is 3.08 Å². The monoisotopic (exact) mass is 406 g/mol. The molecule has 0 radical (unpaired) electrons. The van der Waals surface area contributed by atoms with Gasteiger partial charge in [-0.25, -0.2) is 0 Å². The van der Waals surface area contributed by atoms with Crippen LogP contribution in [-0.4, -0.2) is 23.6 Å². The summed E-state index contributed by atoms with van der Waals surface area (Å²) >= 11 is -3.00. The van der Waals surface area contributed by atoms with Gasteiger partial charge < -0.3 is 0 Å². The van der Waals surface area contributed by atoms with Gasteiger partial charge in [0.2, 0.25) is 0 Å². The molecule has 3 heteroatoms. The van der Waals surface area contributed by atoms with E-state index in [0.29, 0.717) is 4.44 Å². The van der Waals surface area contributed by atoms with Crippen molar-refractivity contribution in [3.05, 3.63) is 0 Å².